The maximum Gasteiger partial charge on any atom is 0.416 e. The van der Waals surface area contributed by atoms with E-state index in [-0.39, 0.29) is 30.3 Å². The van der Waals surface area contributed by atoms with Crippen LogP contribution in [0.2, 0.25) is 0 Å². The second-order valence-corrected chi connectivity index (χ2v) is 6.77. The van der Waals surface area contributed by atoms with E-state index in [0.717, 1.165) is 49.8 Å². The van der Waals surface area contributed by atoms with Crippen LogP contribution >= 0.6 is 0 Å². The van der Waals surface area contributed by atoms with Crippen molar-refractivity contribution in [1.82, 2.24) is 19.7 Å². The van der Waals surface area contributed by atoms with E-state index in [4.69, 9.17) is 9.47 Å². The van der Waals surface area contributed by atoms with Gasteiger partial charge in [-0.15, -0.1) is 10.2 Å². The molecule has 2 heterocycles. The molecule has 0 atom stereocenters. The molecule has 3 rings (SSSR count). The molecule has 1 aliphatic carbocycles. The number of ether oxygens (including phenoxy) is 2. The average molecular weight is 398 g/mol. The Labute approximate surface area is 159 Å². The van der Waals surface area contributed by atoms with Crippen molar-refractivity contribution in [3.8, 4) is 5.88 Å². The smallest absolute Gasteiger partial charge is 0.416 e. The number of hydrogen-bond donors (Lipinski definition) is 0. The number of methoxy groups -OCH3 is 1. The fourth-order valence-electron chi connectivity index (χ4n) is 3.41. The molecule has 0 spiro atoms. The lowest BCUT2D eigenvalue weighted by molar-refractivity contribution is -0.146. The summed E-state index contributed by atoms with van der Waals surface area (Å²) in [7, 11) is 3.18. The zero-order valence-electron chi connectivity index (χ0n) is 15.6. The molecule has 0 bridgehead atoms. The molecule has 0 amide bonds. The van der Waals surface area contributed by atoms with Crippen LogP contribution in [0.3, 0.4) is 0 Å². The van der Waals surface area contributed by atoms with Gasteiger partial charge in [-0.3, -0.25) is 4.79 Å². The number of pyridine rings is 1. The first-order valence-electron chi connectivity index (χ1n) is 8.91. The number of nitrogens with zero attached hydrogens (tertiary/aromatic N) is 4. The standard InChI is InChI=1S/C18H21F3N4O3/c1-25-14(10-28-15-9-13(7-8-22-15)18(19,20)21)23-24-16(25)11-3-5-12(6-4-11)17(26)27-2/h7-9,11-12H,3-6,10H2,1-2H3/t11-,12-. The summed E-state index contributed by atoms with van der Waals surface area (Å²) in [6, 6.07) is 1.74. The summed E-state index contributed by atoms with van der Waals surface area (Å²) < 4.78 is 50.3. The molecule has 0 N–H and O–H groups in total. The minimum Gasteiger partial charge on any atom is -0.469 e. The number of carbonyl (C=O) groups excluding carboxylic acids is 1. The van der Waals surface area contributed by atoms with E-state index in [0.29, 0.717) is 5.82 Å². The molecule has 0 aliphatic heterocycles. The highest BCUT2D eigenvalue weighted by molar-refractivity contribution is 5.72. The Balaban J connectivity index is 1.62. The molecular weight excluding hydrogens is 377 g/mol. The monoisotopic (exact) mass is 398 g/mol. The van der Waals surface area contributed by atoms with Crippen LogP contribution in [0.15, 0.2) is 18.3 Å². The third kappa shape index (κ3) is 4.42. The molecule has 1 fully saturated rings. The molecule has 1 aliphatic rings. The van der Waals surface area contributed by atoms with Gasteiger partial charge in [-0.1, -0.05) is 0 Å². The Hall–Kier alpha value is -2.65. The van der Waals surface area contributed by atoms with Crippen molar-refractivity contribution in [1.29, 1.82) is 0 Å². The molecular formula is C18H21F3N4O3. The Morgan fingerprint density at radius 2 is 1.96 bits per heavy atom. The summed E-state index contributed by atoms with van der Waals surface area (Å²) in [6.07, 6.45) is -0.361. The van der Waals surface area contributed by atoms with Crippen LogP contribution in [-0.2, 0) is 29.4 Å². The summed E-state index contributed by atoms with van der Waals surface area (Å²) in [5.41, 5.74) is -0.821. The first-order chi connectivity index (χ1) is 13.3. The van der Waals surface area contributed by atoms with E-state index in [1.165, 1.54) is 7.11 Å². The van der Waals surface area contributed by atoms with E-state index in [9.17, 15) is 18.0 Å². The van der Waals surface area contributed by atoms with E-state index in [1.54, 1.807) is 11.6 Å². The van der Waals surface area contributed by atoms with Crippen molar-refractivity contribution >= 4 is 5.97 Å². The molecule has 0 aromatic carbocycles. The molecule has 0 radical (unpaired) electrons. The third-order valence-corrected chi connectivity index (χ3v) is 5.04. The predicted molar refractivity (Wildman–Crippen MR) is 91.3 cm³/mol. The maximum atomic E-state index is 12.8. The van der Waals surface area contributed by atoms with Gasteiger partial charge in [0.15, 0.2) is 5.82 Å². The first-order valence-corrected chi connectivity index (χ1v) is 8.91. The van der Waals surface area contributed by atoms with E-state index in [1.807, 2.05) is 0 Å². The highest BCUT2D eigenvalue weighted by Gasteiger charge is 2.32. The molecule has 0 unspecified atom stereocenters. The van der Waals surface area contributed by atoms with Crippen molar-refractivity contribution in [3.63, 3.8) is 0 Å². The lowest BCUT2D eigenvalue weighted by Gasteiger charge is -2.26. The molecule has 2 aromatic heterocycles. The normalized spacial score (nSPS) is 20.0. The third-order valence-electron chi connectivity index (χ3n) is 5.04. The average Bonchev–Trinajstić information content (AvgIpc) is 3.06. The van der Waals surface area contributed by atoms with Gasteiger partial charge in [-0.25, -0.2) is 4.98 Å². The number of carbonyl (C=O) groups is 1. The van der Waals surface area contributed by atoms with E-state index in [2.05, 4.69) is 15.2 Å². The summed E-state index contributed by atoms with van der Waals surface area (Å²) in [5, 5.41) is 8.31. The SMILES string of the molecule is COC(=O)[C@H]1CC[C@H](c2nnc(COc3cc(C(F)(F)F)ccn3)n2C)CC1. The fourth-order valence-corrected chi connectivity index (χ4v) is 3.41. The zero-order valence-corrected chi connectivity index (χ0v) is 15.6. The molecule has 28 heavy (non-hydrogen) atoms. The maximum absolute atomic E-state index is 12.8. The predicted octanol–water partition coefficient (Wildman–Crippen LogP) is 3.25. The summed E-state index contributed by atoms with van der Waals surface area (Å²) >= 11 is 0. The van der Waals surface area contributed by atoms with Crippen LogP contribution < -0.4 is 4.74 Å². The Kier molecular flexibility index (Phi) is 5.85. The van der Waals surface area contributed by atoms with Crippen molar-refractivity contribution < 1.29 is 27.4 Å². The lowest BCUT2D eigenvalue weighted by Crippen LogP contribution is -2.23. The number of esters is 1. The van der Waals surface area contributed by atoms with Gasteiger partial charge in [0.25, 0.3) is 0 Å². The summed E-state index contributed by atoms with van der Waals surface area (Å²) in [5.74, 6) is 1.04. The van der Waals surface area contributed by atoms with Gasteiger partial charge in [0, 0.05) is 25.2 Å². The van der Waals surface area contributed by atoms with Crippen molar-refractivity contribution in [2.24, 2.45) is 13.0 Å². The number of rotatable bonds is 5. The number of aromatic nitrogens is 4. The number of halogens is 3. The molecule has 1 saturated carbocycles. The quantitative estimate of drug-likeness (QED) is 0.720. The molecule has 0 saturated heterocycles. The van der Waals surface area contributed by atoms with Gasteiger partial charge >= 0.3 is 12.1 Å². The van der Waals surface area contributed by atoms with Gasteiger partial charge < -0.3 is 14.0 Å². The van der Waals surface area contributed by atoms with Crippen LogP contribution in [0.25, 0.3) is 0 Å². The Morgan fingerprint density at radius 1 is 1.25 bits per heavy atom. The van der Waals surface area contributed by atoms with Gasteiger partial charge in [-0.2, -0.15) is 13.2 Å². The van der Waals surface area contributed by atoms with Crippen LogP contribution in [0.5, 0.6) is 5.88 Å². The number of alkyl halides is 3. The van der Waals surface area contributed by atoms with Gasteiger partial charge in [0.1, 0.15) is 12.4 Å². The second-order valence-electron chi connectivity index (χ2n) is 6.77. The van der Waals surface area contributed by atoms with Crippen molar-refractivity contribution in [2.45, 2.75) is 44.4 Å². The van der Waals surface area contributed by atoms with Crippen LogP contribution in [0.4, 0.5) is 13.2 Å². The van der Waals surface area contributed by atoms with Crippen molar-refractivity contribution in [3.05, 3.63) is 35.5 Å². The van der Waals surface area contributed by atoms with Crippen LogP contribution in [-0.4, -0.2) is 32.8 Å². The molecule has 10 heteroatoms. The van der Waals surface area contributed by atoms with Crippen molar-refractivity contribution in [2.75, 3.05) is 7.11 Å². The molecule has 152 valence electrons. The highest BCUT2D eigenvalue weighted by Crippen LogP contribution is 2.35. The zero-order chi connectivity index (χ0) is 20.3. The summed E-state index contributed by atoms with van der Waals surface area (Å²) in [4.78, 5) is 15.4. The first kappa shape index (κ1) is 20.1. The lowest BCUT2D eigenvalue weighted by atomic mass is 9.81. The topological polar surface area (TPSA) is 79.1 Å². The van der Waals surface area contributed by atoms with Gasteiger partial charge in [0.05, 0.1) is 18.6 Å². The molecule has 2 aromatic rings. The molecule has 7 nitrogen and oxygen atoms in total. The van der Waals surface area contributed by atoms with E-state index < -0.39 is 11.7 Å². The largest absolute Gasteiger partial charge is 0.469 e. The van der Waals surface area contributed by atoms with Crippen LogP contribution in [0.1, 0.15) is 48.8 Å². The minimum atomic E-state index is -4.46. The second kappa shape index (κ2) is 8.15. The van der Waals surface area contributed by atoms with Crippen LogP contribution in [0, 0.1) is 5.92 Å². The van der Waals surface area contributed by atoms with Gasteiger partial charge in [0.2, 0.25) is 5.88 Å². The Morgan fingerprint density at radius 3 is 2.61 bits per heavy atom. The summed E-state index contributed by atoms with van der Waals surface area (Å²) in [6.45, 7) is -0.0463. The highest BCUT2D eigenvalue weighted by atomic mass is 19.4. The van der Waals surface area contributed by atoms with Gasteiger partial charge in [-0.05, 0) is 31.7 Å². The number of hydrogen-bond acceptors (Lipinski definition) is 6. The fraction of sp³-hybridized carbons (Fsp3) is 0.556. The Bertz CT molecular complexity index is 830. The van der Waals surface area contributed by atoms with E-state index >= 15 is 0 Å². The minimum absolute atomic E-state index is 0.0463.